The Bertz CT molecular complexity index is 709. The van der Waals surface area contributed by atoms with Crippen molar-refractivity contribution in [3.8, 4) is 11.5 Å². The van der Waals surface area contributed by atoms with Gasteiger partial charge >= 0.3 is 0 Å². The van der Waals surface area contributed by atoms with Gasteiger partial charge in [-0.15, -0.1) is 0 Å². The Labute approximate surface area is 156 Å². The van der Waals surface area contributed by atoms with Gasteiger partial charge in [0.15, 0.2) is 5.78 Å². The number of ether oxygens (including phenoxy) is 1. The van der Waals surface area contributed by atoms with Crippen LogP contribution in [0.4, 0.5) is 0 Å². The molecule has 1 aliphatic heterocycles. The molecule has 0 saturated heterocycles. The zero-order chi connectivity index (χ0) is 18.2. The fraction of sp³-hybridized carbons (Fsp3) is 0.435. The van der Waals surface area contributed by atoms with E-state index in [0.29, 0.717) is 17.7 Å². The van der Waals surface area contributed by atoms with E-state index in [9.17, 15) is 9.90 Å². The minimum atomic E-state index is -0.0464. The number of unbranched alkanes of at least 4 members (excludes halogenated alkanes) is 5. The number of hydrogen-bond acceptors (Lipinski definition) is 3. The average molecular weight is 352 g/mol. The van der Waals surface area contributed by atoms with Crippen LogP contribution in [0.15, 0.2) is 48.5 Å². The lowest BCUT2D eigenvalue weighted by molar-refractivity contribution is 0.0830. The molecule has 1 N–H and O–H groups in total. The van der Waals surface area contributed by atoms with Gasteiger partial charge in [0.05, 0.1) is 0 Å². The second-order valence-electron chi connectivity index (χ2n) is 7.16. The summed E-state index contributed by atoms with van der Waals surface area (Å²) in [7, 11) is 0. The van der Waals surface area contributed by atoms with E-state index in [1.807, 2.05) is 0 Å². The number of carbonyl (C=O) groups is 1. The third kappa shape index (κ3) is 5.10. The fourth-order valence-corrected chi connectivity index (χ4v) is 3.64. The summed E-state index contributed by atoms with van der Waals surface area (Å²) in [6.45, 7) is 0. The van der Waals surface area contributed by atoms with Crippen LogP contribution in [0.5, 0.6) is 11.5 Å². The Morgan fingerprint density at radius 1 is 0.885 bits per heavy atom. The highest BCUT2D eigenvalue weighted by atomic mass is 16.5. The molecule has 1 heterocycles. The second kappa shape index (κ2) is 9.42. The molecular weight excluding hydrogens is 324 g/mol. The van der Waals surface area contributed by atoms with Crippen molar-refractivity contribution in [1.82, 2.24) is 0 Å². The van der Waals surface area contributed by atoms with Crippen molar-refractivity contribution < 1.29 is 14.6 Å². The van der Waals surface area contributed by atoms with Crippen molar-refractivity contribution in [3.05, 3.63) is 59.7 Å². The number of ketones is 1. The van der Waals surface area contributed by atoms with Crippen molar-refractivity contribution in [2.45, 2.75) is 63.9 Å². The number of rotatable bonds is 9. The van der Waals surface area contributed by atoms with Crippen LogP contribution in [0, 0.1) is 0 Å². The minimum Gasteiger partial charge on any atom is -0.507 e. The molecule has 0 fully saturated rings. The van der Waals surface area contributed by atoms with E-state index < -0.39 is 0 Å². The number of aromatic hydroxyl groups is 1. The highest BCUT2D eigenvalue weighted by Crippen LogP contribution is 2.35. The molecule has 0 aromatic heterocycles. The SMILES string of the molecule is O=C1CC(CCCCCCCCc2ccccc2)Oc2cccc(O)c21. The van der Waals surface area contributed by atoms with Gasteiger partial charge in [-0.1, -0.05) is 62.1 Å². The number of Topliss-reactive ketones (excluding diaryl/α,β-unsaturated/α-hetero) is 1. The van der Waals surface area contributed by atoms with E-state index in [-0.39, 0.29) is 17.6 Å². The third-order valence-electron chi connectivity index (χ3n) is 5.07. The second-order valence-corrected chi connectivity index (χ2v) is 7.16. The van der Waals surface area contributed by atoms with E-state index in [2.05, 4.69) is 30.3 Å². The Balaban J connectivity index is 1.28. The van der Waals surface area contributed by atoms with Gasteiger partial charge < -0.3 is 9.84 Å². The monoisotopic (exact) mass is 352 g/mol. The van der Waals surface area contributed by atoms with Crippen molar-refractivity contribution in [1.29, 1.82) is 0 Å². The molecule has 1 unspecified atom stereocenters. The maximum Gasteiger partial charge on any atom is 0.174 e. The Hall–Kier alpha value is -2.29. The zero-order valence-electron chi connectivity index (χ0n) is 15.3. The van der Waals surface area contributed by atoms with Gasteiger partial charge in [-0.05, 0) is 43.4 Å². The summed E-state index contributed by atoms with van der Waals surface area (Å²) in [4.78, 5) is 12.2. The largest absolute Gasteiger partial charge is 0.507 e. The molecule has 1 atom stereocenters. The first-order valence-corrected chi connectivity index (χ1v) is 9.80. The normalized spacial score (nSPS) is 16.2. The van der Waals surface area contributed by atoms with Gasteiger partial charge in [0.2, 0.25) is 0 Å². The van der Waals surface area contributed by atoms with Crippen LogP contribution in [0.3, 0.4) is 0 Å². The third-order valence-corrected chi connectivity index (χ3v) is 5.07. The van der Waals surface area contributed by atoms with Crippen LogP contribution in [-0.2, 0) is 6.42 Å². The summed E-state index contributed by atoms with van der Waals surface area (Å²) in [6.07, 6.45) is 9.73. The number of phenolic OH excluding ortho intramolecular Hbond substituents is 1. The summed E-state index contributed by atoms with van der Waals surface area (Å²) in [5.41, 5.74) is 1.78. The molecule has 0 saturated carbocycles. The van der Waals surface area contributed by atoms with Crippen LogP contribution < -0.4 is 4.74 Å². The fourth-order valence-electron chi connectivity index (χ4n) is 3.64. The number of phenols is 1. The number of fused-ring (bicyclic) bond motifs is 1. The van der Waals surface area contributed by atoms with Gasteiger partial charge in [0.25, 0.3) is 0 Å². The topological polar surface area (TPSA) is 46.5 Å². The predicted octanol–water partition coefficient (Wildman–Crippen LogP) is 5.70. The lowest BCUT2D eigenvalue weighted by Gasteiger charge is -2.25. The van der Waals surface area contributed by atoms with Crippen molar-refractivity contribution in [3.63, 3.8) is 0 Å². The Morgan fingerprint density at radius 3 is 2.42 bits per heavy atom. The lowest BCUT2D eigenvalue weighted by atomic mass is 9.96. The minimum absolute atomic E-state index is 0.00439. The summed E-state index contributed by atoms with van der Waals surface area (Å²) >= 11 is 0. The maximum atomic E-state index is 12.2. The molecule has 3 heteroatoms. The van der Waals surface area contributed by atoms with Crippen LogP contribution in [0.2, 0.25) is 0 Å². The number of hydrogen-bond donors (Lipinski definition) is 1. The summed E-state index contributed by atoms with van der Waals surface area (Å²) in [5.74, 6) is 0.559. The molecular formula is C23H28O3. The maximum absolute atomic E-state index is 12.2. The van der Waals surface area contributed by atoms with Crippen LogP contribution in [-0.4, -0.2) is 17.0 Å². The number of benzene rings is 2. The number of aryl methyl sites for hydroxylation is 1. The van der Waals surface area contributed by atoms with Gasteiger partial charge in [0.1, 0.15) is 23.2 Å². The standard InChI is InChI=1S/C23H28O3/c24-20-15-10-16-22-23(20)21(25)17-19(26-22)14-9-4-2-1-3-6-11-18-12-7-5-8-13-18/h5,7-8,10,12-13,15-16,19,24H,1-4,6,9,11,14,17H2. The molecule has 3 nitrogen and oxygen atoms in total. The molecule has 138 valence electrons. The molecule has 1 aliphatic rings. The van der Waals surface area contributed by atoms with Crippen LogP contribution >= 0.6 is 0 Å². The van der Waals surface area contributed by atoms with Gasteiger partial charge in [-0.3, -0.25) is 4.79 Å². The summed E-state index contributed by atoms with van der Waals surface area (Å²) in [5, 5.41) is 9.80. The van der Waals surface area contributed by atoms with Crippen molar-refractivity contribution in [2.75, 3.05) is 0 Å². The molecule has 26 heavy (non-hydrogen) atoms. The number of carbonyl (C=O) groups excluding carboxylic acids is 1. The van der Waals surface area contributed by atoms with Gasteiger partial charge in [-0.25, -0.2) is 0 Å². The first-order valence-electron chi connectivity index (χ1n) is 9.80. The van der Waals surface area contributed by atoms with Crippen LogP contribution in [0.1, 0.15) is 67.3 Å². The molecule has 0 amide bonds. The highest BCUT2D eigenvalue weighted by molar-refractivity contribution is 6.02. The van der Waals surface area contributed by atoms with E-state index >= 15 is 0 Å². The van der Waals surface area contributed by atoms with Crippen molar-refractivity contribution >= 4 is 5.78 Å². The predicted molar refractivity (Wildman–Crippen MR) is 104 cm³/mol. The smallest absolute Gasteiger partial charge is 0.174 e. The zero-order valence-corrected chi connectivity index (χ0v) is 15.3. The van der Waals surface area contributed by atoms with E-state index in [1.165, 1.54) is 50.2 Å². The summed E-state index contributed by atoms with van der Waals surface area (Å²) < 4.78 is 5.90. The van der Waals surface area contributed by atoms with Gasteiger partial charge in [0, 0.05) is 6.42 Å². The van der Waals surface area contributed by atoms with E-state index in [4.69, 9.17) is 4.74 Å². The van der Waals surface area contributed by atoms with Crippen molar-refractivity contribution in [2.24, 2.45) is 0 Å². The molecule has 0 bridgehead atoms. The molecule has 0 spiro atoms. The summed E-state index contributed by atoms with van der Waals surface area (Å²) in [6, 6.07) is 15.7. The van der Waals surface area contributed by atoms with E-state index in [1.54, 1.807) is 12.1 Å². The molecule has 3 rings (SSSR count). The quantitative estimate of drug-likeness (QED) is 0.589. The first-order chi connectivity index (χ1) is 12.7. The molecule has 2 aromatic rings. The molecule has 0 radical (unpaired) electrons. The lowest BCUT2D eigenvalue weighted by Crippen LogP contribution is -2.26. The Morgan fingerprint density at radius 2 is 1.62 bits per heavy atom. The highest BCUT2D eigenvalue weighted by Gasteiger charge is 2.28. The Kier molecular flexibility index (Phi) is 6.70. The van der Waals surface area contributed by atoms with Crippen LogP contribution in [0.25, 0.3) is 0 Å². The molecule has 0 aliphatic carbocycles. The van der Waals surface area contributed by atoms with E-state index in [0.717, 1.165) is 12.8 Å². The first kappa shape index (κ1) is 18.5. The van der Waals surface area contributed by atoms with Gasteiger partial charge in [-0.2, -0.15) is 0 Å². The average Bonchev–Trinajstić information content (AvgIpc) is 2.64. The molecule has 2 aromatic carbocycles.